The first-order valence-electron chi connectivity index (χ1n) is 14.2. The predicted molar refractivity (Wildman–Crippen MR) is 176 cm³/mol. The van der Waals surface area contributed by atoms with Gasteiger partial charge in [0.15, 0.2) is 0 Å². The molecule has 5 aromatic rings. The van der Waals surface area contributed by atoms with Crippen LogP contribution in [-0.2, 0) is 13.1 Å². The minimum atomic E-state index is -1.05. The van der Waals surface area contributed by atoms with Crippen LogP contribution in [-0.4, -0.2) is 57.3 Å². The zero-order valence-corrected chi connectivity index (χ0v) is 27.3. The van der Waals surface area contributed by atoms with Gasteiger partial charge in [-0.05, 0) is 72.1 Å². The molecular weight excluding hydrogens is 614 g/mol. The third kappa shape index (κ3) is 6.35. The molecule has 0 aliphatic heterocycles. The lowest BCUT2D eigenvalue weighted by atomic mass is 10.0. The summed E-state index contributed by atoms with van der Waals surface area (Å²) < 4.78 is 14.5. The van der Waals surface area contributed by atoms with E-state index in [0.29, 0.717) is 55.9 Å². The van der Waals surface area contributed by atoms with Crippen molar-refractivity contribution in [2.24, 2.45) is 0 Å². The van der Waals surface area contributed by atoms with E-state index in [-0.39, 0.29) is 41.3 Å². The third-order valence-electron chi connectivity index (χ3n) is 7.11. The molecule has 3 aromatic heterocycles. The van der Waals surface area contributed by atoms with Gasteiger partial charge >= 0.3 is 5.97 Å². The number of fused-ring (bicyclic) bond motifs is 2. The lowest BCUT2D eigenvalue weighted by Crippen LogP contribution is -2.27. The Morgan fingerprint density at radius 1 is 1.18 bits per heavy atom. The number of halogens is 1. The molecule has 5 rings (SSSR count). The number of aromatic nitrogens is 3. The van der Waals surface area contributed by atoms with Crippen molar-refractivity contribution in [2.45, 2.75) is 46.9 Å². The Balaban J connectivity index is 1.53. The number of nitriles is 1. The molecule has 232 valence electrons. The summed E-state index contributed by atoms with van der Waals surface area (Å²) in [5.74, 6) is 0.336. The minimum Gasteiger partial charge on any atom is -0.491 e. The van der Waals surface area contributed by atoms with E-state index in [1.165, 1.54) is 15.9 Å². The molecule has 0 spiro atoms. The van der Waals surface area contributed by atoms with Crippen LogP contribution in [0.3, 0.4) is 0 Å². The molecule has 0 saturated carbocycles. The largest absolute Gasteiger partial charge is 0.491 e. The van der Waals surface area contributed by atoms with Crippen molar-refractivity contribution in [1.82, 2.24) is 19.4 Å². The van der Waals surface area contributed by atoms with E-state index in [0.717, 1.165) is 11.1 Å². The number of thiophene rings is 1. The van der Waals surface area contributed by atoms with Crippen LogP contribution in [0.4, 0.5) is 0 Å². The second-order valence-corrected chi connectivity index (χ2v) is 12.5. The molecule has 0 amide bonds. The van der Waals surface area contributed by atoms with E-state index >= 15 is 0 Å². The Morgan fingerprint density at radius 3 is 2.60 bits per heavy atom. The fourth-order valence-corrected chi connectivity index (χ4v) is 6.48. The summed E-state index contributed by atoms with van der Waals surface area (Å²) in [7, 11) is 3.84. The summed E-state index contributed by atoms with van der Waals surface area (Å²) in [6, 6.07) is 11.1. The average molecular weight is 646 g/mol. The van der Waals surface area contributed by atoms with Crippen LogP contribution in [0.5, 0.6) is 11.5 Å². The zero-order valence-electron chi connectivity index (χ0n) is 25.8. The number of hydrogen-bond donors (Lipinski definition) is 1. The van der Waals surface area contributed by atoms with Crippen LogP contribution in [0.1, 0.15) is 46.9 Å². The highest BCUT2D eigenvalue weighted by molar-refractivity contribution is 7.18. The molecule has 0 atom stereocenters. The van der Waals surface area contributed by atoms with Gasteiger partial charge in [0.05, 0.1) is 39.3 Å². The van der Waals surface area contributed by atoms with E-state index in [2.05, 4.69) is 11.1 Å². The number of carbonyl (C=O) groups is 1. The molecule has 0 radical (unpaired) electrons. The SMILES string of the molecule is Cc1cc(-c2cc(Cl)ccc2OCCn2c(C)nc3cc(CN(C)C)c(OC(C)C)c(C#N)c3c2=O)c2scc(C(=O)O)c2n1. The van der Waals surface area contributed by atoms with E-state index in [9.17, 15) is 20.0 Å². The molecular formula is C33H32ClN5O5S. The molecule has 0 unspecified atom stereocenters. The van der Waals surface area contributed by atoms with E-state index < -0.39 is 5.97 Å². The number of pyridine rings is 1. The summed E-state index contributed by atoms with van der Waals surface area (Å²) in [5, 5.41) is 22.1. The lowest BCUT2D eigenvalue weighted by molar-refractivity contribution is 0.0699. The van der Waals surface area contributed by atoms with E-state index in [4.69, 9.17) is 26.1 Å². The van der Waals surface area contributed by atoms with Gasteiger partial charge in [-0.3, -0.25) is 14.3 Å². The monoisotopic (exact) mass is 645 g/mol. The number of hydrogen-bond acceptors (Lipinski definition) is 9. The molecule has 0 bridgehead atoms. The minimum absolute atomic E-state index is 0.108. The number of aryl methyl sites for hydroxylation is 2. The number of carboxylic acid groups (broad SMARTS) is 1. The maximum absolute atomic E-state index is 13.9. The molecule has 3 heterocycles. The van der Waals surface area contributed by atoms with E-state index in [1.807, 2.05) is 45.0 Å². The van der Waals surface area contributed by atoms with Crippen LogP contribution < -0.4 is 15.0 Å². The van der Waals surface area contributed by atoms with Gasteiger partial charge in [0.25, 0.3) is 5.56 Å². The Hall–Kier alpha value is -4.50. The summed E-state index contributed by atoms with van der Waals surface area (Å²) in [5.41, 5.74) is 3.64. The fourth-order valence-electron chi connectivity index (χ4n) is 5.30. The van der Waals surface area contributed by atoms with Crippen LogP contribution >= 0.6 is 22.9 Å². The van der Waals surface area contributed by atoms with Gasteiger partial charge < -0.3 is 19.5 Å². The van der Waals surface area contributed by atoms with Gasteiger partial charge in [0.1, 0.15) is 35.6 Å². The normalized spacial score (nSPS) is 11.5. The zero-order chi connectivity index (χ0) is 32.6. The molecule has 0 fully saturated rings. The number of carboxylic acids is 1. The van der Waals surface area contributed by atoms with Gasteiger partial charge in [0.2, 0.25) is 0 Å². The third-order valence-corrected chi connectivity index (χ3v) is 8.34. The van der Waals surface area contributed by atoms with Crippen LogP contribution in [0.2, 0.25) is 5.02 Å². The second kappa shape index (κ2) is 12.9. The van der Waals surface area contributed by atoms with E-state index in [1.54, 1.807) is 37.4 Å². The quantitative estimate of drug-likeness (QED) is 0.182. The standard InChI is InChI=1S/C33H32ClN5O5S/c1-17(2)44-30-20(15-38(5)6)12-26-28(24(30)14-35)32(40)39(19(4)37-26)9-10-43-27-8-7-21(34)13-22(27)23-11-18(3)36-29-25(33(41)42)16-45-31(23)29/h7-8,11-13,16-17H,9-10,15H2,1-6H3,(H,41,42). The Kier molecular flexibility index (Phi) is 9.11. The molecule has 0 aliphatic rings. The van der Waals surface area contributed by atoms with Gasteiger partial charge in [-0.15, -0.1) is 11.3 Å². The highest BCUT2D eigenvalue weighted by Gasteiger charge is 2.22. The maximum Gasteiger partial charge on any atom is 0.338 e. The first-order valence-corrected chi connectivity index (χ1v) is 15.5. The number of nitrogens with zero attached hydrogens (tertiary/aromatic N) is 5. The van der Waals surface area contributed by atoms with Crippen LogP contribution in [0, 0.1) is 25.2 Å². The Labute approximate surface area is 269 Å². The summed E-state index contributed by atoms with van der Waals surface area (Å²) in [4.78, 5) is 36.8. The lowest BCUT2D eigenvalue weighted by Gasteiger charge is -2.20. The summed E-state index contributed by atoms with van der Waals surface area (Å²) >= 11 is 7.69. The number of ether oxygens (including phenoxy) is 2. The van der Waals surface area contributed by atoms with Crippen molar-refractivity contribution in [3.8, 4) is 28.7 Å². The van der Waals surface area contributed by atoms with Crippen LogP contribution in [0.15, 0.2) is 40.5 Å². The maximum atomic E-state index is 13.9. The van der Waals surface area contributed by atoms with Crippen molar-refractivity contribution in [3.05, 3.63) is 79.3 Å². The molecule has 0 aliphatic carbocycles. The topological polar surface area (TPSA) is 131 Å². The first kappa shape index (κ1) is 31.9. The number of aromatic carboxylic acids is 1. The van der Waals surface area contributed by atoms with Crippen molar-refractivity contribution in [3.63, 3.8) is 0 Å². The highest BCUT2D eigenvalue weighted by Crippen LogP contribution is 2.40. The van der Waals surface area contributed by atoms with Gasteiger partial charge in [-0.2, -0.15) is 5.26 Å². The van der Waals surface area contributed by atoms with Gasteiger partial charge in [0, 0.05) is 39.3 Å². The Morgan fingerprint density at radius 2 is 1.93 bits per heavy atom. The predicted octanol–water partition coefficient (Wildman–Crippen LogP) is 6.44. The molecule has 1 N–H and O–H groups in total. The number of benzene rings is 2. The van der Waals surface area contributed by atoms with Gasteiger partial charge in [-0.25, -0.2) is 9.78 Å². The molecule has 2 aromatic carbocycles. The number of rotatable bonds is 10. The first-order chi connectivity index (χ1) is 21.4. The summed E-state index contributed by atoms with van der Waals surface area (Å²) in [6.07, 6.45) is -0.201. The fraction of sp³-hybridized carbons (Fsp3) is 0.303. The molecule has 10 nitrogen and oxygen atoms in total. The second-order valence-electron chi connectivity index (χ2n) is 11.2. The molecule has 45 heavy (non-hydrogen) atoms. The smallest absolute Gasteiger partial charge is 0.338 e. The van der Waals surface area contributed by atoms with Crippen molar-refractivity contribution >= 4 is 50.0 Å². The molecule has 12 heteroatoms. The van der Waals surface area contributed by atoms with Crippen molar-refractivity contribution in [1.29, 1.82) is 5.26 Å². The van der Waals surface area contributed by atoms with Crippen molar-refractivity contribution in [2.75, 3.05) is 20.7 Å². The van der Waals surface area contributed by atoms with Crippen LogP contribution in [0.25, 0.3) is 32.2 Å². The summed E-state index contributed by atoms with van der Waals surface area (Å²) in [6.45, 7) is 8.08. The Bertz CT molecular complexity index is 2060. The van der Waals surface area contributed by atoms with Gasteiger partial charge in [-0.1, -0.05) is 11.6 Å². The average Bonchev–Trinajstić information content (AvgIpc) is 3.39. The molecule has 0 saturated heterocycles. The van der Waals surface area contributed by atoms with Crippen molar-refractivity contribution < 1.29 is 19.4 Å². The highest BCUT2D eigenvalue weighted by atomic mass is 35.5.